The van der Waals surface area contributed by atoms with Crippen molar-refractivity contribution >= 4 is 24.8 Å². The average molecular weight is 309 g/mol. The zero-order valence-electron chi connectivity index (χ0n) is 12.1. The molecule has 0 amide bonds. The van der Waals surface area contributed by atoms with Crippen LogP contribution in [0.25, 0.3) is 0 Å². The molecule has 0 aromatic rings. The molecule has 3 fully saturated rings. The number of rotatable bonds is 3. The van der Waals surface area contributed by atoms with Crippen molar-refractivity contribution in [1.29, 1.82) is 0 Å². The molecule has 1 saturated carbocycles. The first-order valence-corrected chi connectivity index (χ1v) is 7.76. The molecule has 114 valence electrons. The largest absolute Gasteiger partial charge is 0.317 e. The van der Waals surface area contributed by atoms with Crippen LogP contribution in [0, 0.1) is 29.6 Å². The lowest BCUT2D eigenvalue weighted by Crippen LogP contribution is -2.44. The van der Waals surface area contributed by atoms with Crippen molar-refractivity contribution in [1.82, 2.24) is 10.6 Å². The Labute approximate surface area is 130 Å². The van der Waals surface area contributed by atoms with Crippen LogP contribution in [0.1, 0.15) is 39.0 Å². The first-order valence-electron chi connectivity index (χ1n) is 7.76. The zero-order valence-corrected chi connectivity index (χ0v) is 13.7. The first-order chi connectivity index (χ1) is 8.34. The van der Waals surface area contributed by atoms with E-state index in [4.69, 9.17) is 0 Å². The second kappa shape index (κ2) is 8.07. The van der Waals surface area contributed by atoms with E-state index >= 15 is 0 Å². The van der Waals surface area contributed by atoms with Crippen molar-refractivity contribution in [2.24, 2.45) is 29.6 Å². The molecular weight excluding hydrogens is 279 g/mol. The summed E-state index contributed by atoms with van der Waals surface area (Å²) < 4.78 is 0. The van der Waals surface area contributed by atoms with E-state index in [1.54, 1.807) is 0 Å². The predicted molar refractivity (Wildman–Crippen MR) is 86.4 cm³/mol. The van der Waals surface area contributed by atoms with Gasteiger partial charge in [0.05, 0.1) is 0 Å². The highest BCUT2D eigenvalue weighted by Crippen LogP contribution is 2.44. The van der Waals surface area contributed by atoms with Crippen LogP contribution in [0.15, 0.2) is 0 Å². The fourth-order valence-electron chi connectivity index (χ4n) is 4.12. The molecule has 1 aliphatic carbocycles. The van der Waals surface area contributed by atoms with Crippen molar-refractivity contribution < 1.29 is 0 Å². The summed E-state index contributed by atoms with van der Waals surface area (Å²) in [4.78, 5) is 0. The molecule has 0 aromatic heterocycles. The highest BCUT2D eigenvalue weighted by atomic mass is 35.5. The summed E-state index contributed by atoms with van der Waals surface area (Å²) in [5, 5.41) is 7.20. The van der Waals surface area contributed by atoms with Gasteiger partial charge in [0.15, 0.2) is 0 Å². The van der Waals surface area contributed by atoms with Gasteiger partial charge in [-0.15, -0.1) is 24.8 Å². The van der Waals surface area contributed by atoms with E-state index in [2.05, 4.69) is 17.6 Å². The molecule has 3 aliphatic rings. The number of nitrogens with one attached hydrogen (secondary N) is 2. The second-order valence-corrected chi connectivity index (χ2v) is 6.71. The van der Waals surface area contributed by atoms with Crippen LogP contribution in [0.4, 0.5) is 0 Å². The summed E-state index contributed by atoms with van der Waals surface area (Å²) >= 11 is 0. The summed E-state index contributed by atoms with van der Waals surface area (Å²) in [5.41, 5.74) is 0. The molecule has 4 heteroatoms. The van der Waals surface area contributed by atoms with Crippen LogP contribution in [0.2, 0.25) is 0 Å². The summed E-state index contributed by atoms with van der Waals surface area (Å²) in [5.74, 6) is 5.00. The fourth-order valence-corrected chi connectivity index (χ4v) is 4.12. The Morgan fingerprint density at radius 3 is 2.21 bits per heavy atom. The van der Waals surface area contributed by atoms with Crippen molar-refractivity contribution in [3.05, 3.63) is 0 Å². The lowest BCUT2D eigenvalue weighted by molar-refractivity contribution is 0.134. The maximum Gasteiger partial charge on any atom is -0.00151 e. The Morgan fingerprint density at radius 2 is 1.58 bits per heavy atom. The standard InChI is InChI=1S/C15H28N2.2ClH/c1-11-14(8-12-4-6-16-7-5-12)9-17-10-15(11)13-2-3-13;;/h11-17H,2-10H2,1H3;2*1H. The third kappa shape index (κ3) is 4.49. The van der Waals surface area contributed by atoms with Crippen molar-refractivity contribution in [3.63, 3.8) is 0 Å². The Bertz CT molecular complexity index is 253. The van der Waals surface area contributed by atoms with Crippen molar-refractivity contribution in [2.45, 2.75) is 39.0 Å². The molecule has 0 radical (unpaired) electrons. The number of halogens is 2. The van der Waals surface area contributed by atoms with E-state index in [0.29, 0.717) is 0 Å². The lowest BCUT2D eigenvalue weighted by Gasteiger charge is -2.39. The molecule has 3 atom stereocenters. The predicted octanol–water partition coefficient (Wildman–Crippen LogP) is 3.10. The van der Waals surface area contributed by atoms with Gasteiger partial charge >= 0.3 is 0 Å². The van der Waals surface area contributed by atoms with E-state index in [-0.39, 0.29) is 24.8 Å². The fraction of sp³-hybridized carbons (Fsp3) is 1.00. The molecular formula is C15H30Cl2N2. The van der Waals surface area contributed by atoms with Crippen LogP contribution in [-0.4, -0.2) is 26.2 Å². The van der Waals surface area contributed by atoms with Crippen LogP contribution < -0.4 is 10.6 Å². The first kappa shape index (κ1) is 17.6. The average Bonchev–Trinajstić information content (AvgIpc) is 3.17. The van der Waals surface area contributed by atoms with Gasteiger partial charge in [-0.25, -0.2) is 0 Å². The summed E-state index contributed by atoms with van der Waals surface area (Å²) in [6.45, 7) is 7.63. The Hall–Kier alpha value is 0.500. The highest BCUT2D eigenvalue weighted by Gasteiger charge is 2.40. The molecule has 2 heterocycles. The van der Waals surface area contributed by atoms with Crippen LogP contribution in [0.3, 0.4) is 0 Å². The van der Waals surface area contributed by atoms with Gasteiger partial charge in [0, 0.05) is 0 Å². The zero-order chi connectivity index (χ0) is 11.7. The van der Waals surface area contributed by atoms with Gasteiger partial charge < -0.3 is 10.6 Å². The molecule has 2 aliphatic heterocycles. The molecule has 2 saturated heterocycles. The molecule has 0 aromatic carbocycles. The second-order valence-electron chi connectivity index (χ2n) is 6.71. The van der Waals surface area contributed by atoms with Gasteiger partial charge in [-0.2, -0.15) is 0 Å². The third-order valence-electron chi connectivity index (χ3n) is 5.53. The molecule has 0 bridgehead atoms. The number of hydrogen-bond acceptors (Lipinski definition) is 2. The Morgan fingerprint density at radius 1 is 0.895 bits per heavy atom. The molecule has 2 N–H and O–H groups in total. The maximum atomic E-state index is 3.71. The van der Waals surface area contributed by atoms with Gasteiger partial charge in [-0.3, -0.25) is 0 Å². The van der Waals surface area contributed by atoms with E-state index in [1.165, 1.54) is 58.3 Å². The van der Waals surface area contributed by atoms with Gasteiger partial charge in [0.2, 0.25) is 0 Å². The topological polar surface area (TPSA) is 24.1 Å². The summed E-state index contributed by atoms with van der Waals surface area (Å²) in [7, 11) is 0. The van der Waals surface area contributed by atoms with Gasteiger partial charge in [0.25, 0.3) is 0 Å². The number of piperidine rings is 2. The Kier molecular flexibility index (Phi) is 7.45. The van der Waals surface area contributed by atoms with Gasteiger partial charge in [-0.05, 0) is 87.9 Å². The monoisotopic (exact) mass is 308 g/mol. The SMILES string of the molecule is CC1C(CC2CCNCC2)CNCC1C1CC1.Cl.Cl. The lowest BCUT2D eigenvalue weighted by atomic mass is 9.73. The van der Waals surface area contributed by atoms with Gasteiger partial charge in [-0.1, -0.05) is 6.92 Å². The molecule has 19 heavy (non-hydrogen) atoms. The van der Waals surface area contributed by atoms with Crippen molar-refractivity contribution in [3.8, 4) is 0 Å². The minimum Gasteiger partial charge on any atom is -0.317 e. The minimum absolute atomic E-state index is 0. The smallest absolute Gasteiger partial charge is 0.00151 e. The van der Waals surface area contributed by atoms with Crippen LogP contribution >= 0.6 is 24.8 Å². The molecule has 2 nitrogen and oxygen atoms in total. The van der Waals surface area contributed by atoms with E-state index in [1.807, 2.05) is 0 Å². The minimum atomic E-state index is 0. The van der Waals surface area contributed by atoms with Gasteiger partial charge in [0.1, 0.15) is 0 Å². The third-order valence-corrected chi connectivity index (χ3v) is 5.53. The van der Waals surface area contributed by atoms with E-state index < -0.39 is 0 Å². The normalized spacial score (nSPS) is 36.2. The van der Waals surface area contributed by atoms with E-state index in [9.17, 15) is 0 Å². The summed E-state index contributed by atoms with van der Waals surface area (Å²) in [6, 6.07) is 0. The van der Waals surface area contributed by atoms with E-state index in [0.717, 1.165) is 29.6 Å². The van der Waals surface area contributed by atoms with Crippen LogP contribution in [0.5, 0.6) is 0 Å². The Balaban J connectivity index is 0.000000902. The molecule has 3 rings (SSSR count). The van der Waals surface area contributed by atoms with Crippen molar-refractivity contribution in [2.75, 3.05) is 26.2 Å². The molecule has 3 unspecified atom stereocenters. The quantitative estimate of drug-likeness (QED) is 0.837. The highest BCUT2D eigenvalue weighted by molar-refractivity contribution is 5.85. The summed E-state index contributed by atoms with van der Waals surface area (Å²) in [6.07, 6.45) is 7.33. The number of hydrogen-bond donors (Lipinski definition) is 2. The maximum absolute atomic E-state index is 3.71. The molecule has 0 spiro atoms. The van der Waals surface area contributed by atoms with Crippen LogP contribution in [-0.2, 0) is 0 Å².